The summed E-state index contributed by atoms with van der Waals surface area (Å²) in [5.74, 6) is 0.607. The van der Waals surface area contributed by atoms with Gasteiger partial charge in [-0.25, -0.2) is 0 Å². The van der Waals surface area contributed by atoms with E-state index in [9.17, 15) is 5.11 Å². The third-order valence-electron chi connectivity index (χ3n) is 3.01. The van der Waals surface area contributed by atoms with E-state index in [0.29, 0.717) is 23.8 Å². The van der Waals surface area contributed by atoms with Gasteiger partial charge in [0.2, 0.25) is 0 Å². The number of hydrogen-bond acceptors (Lipinski definition) is 3. The van der Waals surface area contributed by atoms with Crippen LogP contribution in [0, 0.1) is 0 Å². The summed E-state index contributed by atoms with van der Waals surface area (Å²) in [5, 5.41) is 10.8. The zero-order chi connectivity index (χ0) is 15.9. The Kier molecular flexibility index (Phi) is 5.61. The van der Waals surface area contributed by atoms with Crippen molar-refractivity contribution >= 4 is 23.5 Å². The van der Waals surface area contributed by atoms with Crippen molar-refractivity contribution < 1.29 is 9.84 Å². The lowest BCUT2D eigenvalue weighted by molar-refractivity contribution is 0.317. The van der Waals surface area contributed by atoms with Crippen LogP contribution < -0.4 is 4.74 Å². The SMILES string of the molecule is C=CCc1cc(C=Nc2cccc(Cl)c2)cc(OCC)c1O. The molecule has 2 rings (SSSR count). The quantitative estimate of drug-likeness (QED) is 0.607. The molecule has 0 unspecified atom stereocenters. The van der Waals surface area contributed by atoms with E-state index in [-0.39, 0.29) is 5.75 Å². The average Bonchev–Trinajstić information content (AvgIpc) is 2.50. The Labute approximate surface area is 135 Å². The molecule has 1 N–H and O–H groups in total. The first-order chi connectivity index (χ1) is 10.6. The predicted molar refractivity (Wildman–Crippen MR) is 91.9 cm³/mol. The standard InChI is InChI=1S/C18H18ClNO2/c1-3-6-14-9-13(10-17(18(14)21)22-4-2)12-20-16-8-5-7-15(19)11-16/h3,5,7-12,21H,1,4,6H2,2H3. The topological polar surface area (TPSA) is 41.8 Å². The number of phenols is 1. The number of nitrogens with zero attached hydrogens (tertiary/aromatic N) is 1. The number of rotatable bonds is 6. The Morgan fingerprint density at radius 1 is 1.32 bits per heavy atom. The molecule has 0 spiro atoms. The van der Waals surface area contributed by atoms with Gasteiger partial charge in [-0.2, -0.15) is 0 Å². The number of phenolic OH excluding ortho intramolecular Hbond substituents is 1. The zero-order valence-electron chi connectivity index (χ0n) is 12.4. The van der Waals surface area contributed by atoms with Gasteiger partial charge in [-0.1, -0.05) is 23.7 Å². The fraction of sp³-hybridized carbons (Fsp3) is 0.167. The molecule has 22 heavy (non-hydrogen) atoms. The van der Waals surface area contributed by atoms with Crippen LogP contribution in [0.3, 0.4) is 0 Å². The van der Waals surface area contributed by atoms with Crippen molar-refractivity contribution in [2.24, 2.45) is 4.99 Å². The molecule has 0 amide bonds. The van der Waals surface area contributed by atoms with E-state index >= 15 is 0 Å². The van der Waals surface area contributed by atoms with Crippen LogP contribution in [-0.4, -0.2) is 17.9 Å². The molecule has 3 nitrogen and oxygen atoms in total. The van der Waals surface area contributed by atoms with Crippen LogP contribution in [0.25, 0.3) is 0 Å². The van der Waals surface area contributed by atoms with E-state index in [1.165, 1.54) is 0 Å². The molecule has 0 heterocycles. The summed E-state index contributed by atoms with van der Waals surface area (Å²) in [6.45, 7) is 6.06. The van der Waals surface area contributed by atoms with Gasteiger partial charge in [0.05, 0.1) is 12.3 Å². The van der Waals surface area contributed by atoms with E-state index in [1.54, 1.807) is 30.5 Å². The maximum absolute atomic E-state index is 10.2. The number of hydrogen-bond donors (Lipinski definition) is 1. The normalized spacial score (nSPS) is 10.8. The van der Waals surface area contributed by atoms with Gasteiger partial charge in [0.25, 0.3) is 0 Å². The first-order valence-corrected chi connectivity index (χ1v) is 7.41. The van der Waals surface area contributed by atoms with Crippen LogP contribution in [0.2, 0.25) is 5.02 Å². The molecule has 0 aliphatic carbocycles. The van der Waals surface area contributed by atoms with Gasteiger partial charge in [-0.05, 0) is 49.2 Å². The summed E-state index contributed by atoms with van der Waals surface area (Å²) < 4.78 is 5.47. The van der Waals surface area contributed by atoms with Crippen LogP contribution in [0.5, 0.6) is 11.5 Å². The lowest BCUT2D eigenvalue weighted by atomic mass is 10.1. The second-order valence-corrected chi connectivity index (χ2v) is 5.13. The van der Waals surface area contributed by atoms with Crippen LogP contribution in [-0.2, 0) is 6.42 Å². The van der Waals surface area contributed by atoms with Crippen molar-refractivity contribution in [2.75, 3.05) is 6.61 Å². The second kappa shape index (κ2) is 7.66. The van der Waals surface area contributed by atoms with E-state index in [2.05, 4.69) is 11.6 Å². The first kappa shape index (κ1) is 16.1. The fourth-order valence-corrected chi connectivity index (χ4v) is 2.23. The Morgan fingerprint density at radius 2 is 2.14 bits per heavy atom. The summed E-state index contributed by atoms with van der Waals surface area (Å²) in [6.07, 6.45) is 4.02. The van der Waals surface area contributed by atoms with E-state index in [1.807, 2.05) is 25.1 Å². The highest BCUT2D eigenvalue weighted by Gasteiger charge is 2.09. The van der Waals surface area contributed by atoms with Gasteiger partial charge in [-0.15, -0.1) is 6.58 Å². The van der Waals surface area contributed by atoms with Gasteiger partial charge in [0.15, 0.2) is 11.5 Å². The van der Waals surface area contributed by atoms with E-state index < -0.39 is 0 Å². The van der Waals surface area contributed by atoms with Gasteiger partial charge < -0.3 is 9.84 Å². The third kappa shape index (κ3) is 4.12. The van der Waals surface area contributed by atoms with Crippen LogP contribution in [0.1, 0.15) is 18.1 Å². The molecule has 0 aromatic heterocycles. The maximum Gasteiger partial charge on any atom is 0.161 e. The number of aliphatic imine (C=N–C) groups is 1. The minimum absolute atomic E-state index is 0.154. The van der Waals surface area contributed by atoms with Crippen molar-refractivity contribution in [2.45, 2.75) is 13.3 Å². The van der Waals surface area contributed by atoms with Crippen LogP contribution >= 0.6 is 11.6 Å². The van der Waals surface area contributed by atoms with Crippen molar-refractivity contribution in [3.8, 4) is 11.5 Å². The predicted octanol–water partition coefficient (Wildman–Crippen LogP) is 4.92. The van der Waals surface area contributed by atoms with Gasteiger partial charge in [-0.3, -0.25) is 4.99 Å². The van der Waals surface area contributed by atoms with Crippen molar-refractivity contribution in [1.82, 2.24) is 0 Å². The third-order valence-corrected chi connectivity index (χ3v) is 3.25. The van der Waals surface area contributed by atoms with E-state index in [4.69, 9.17) is 16.3 Å². The summed E-state index contributed by atoms with van der Waals surface area (Å²) in [4.78, 5) is 4.40. The Hall–Kier alpha value is -2.26. The number of benzene rings is 2. The number of aromatic hydroxyl groups is 1. The maximum atomic E-state index is 10.2. The molecule has 0 radical (unpaired) electrons. The Morgan fingerprint density at radius 3 is 2.82 bits per heavy atom. The van der Waals surface area contributed by atoms with Crippen LogP contribution in [0.15, 0.2) is 54.0 Å². The highest BCUT2D eigenvalue weighted by molar-refractivity contribution is 6.30. The Bertz CT molecular complexity index is 695. The monoisotopic (exact) mass is 315 g/mol. The molecule has 0 aliphatic rings. The van der Waals surface area contributed by atoms with Crippen LogP contribution in [0.4, 0.5) is 5.69 Å². The molecular weight excluding hydrogens is 298 g/mol. The minimum atomic E-state index is 0.154. The second-order valence-electron chi connectivity index (χ2n) is 4.69. The van der Waals surface area contributed by atoms with Crippen molar-refractivity contribution in [3.63, 3.8) is 0 Å². The molecule has 2 aromatic rings. The average molecular weight is 316 g/mol. The number of allylic oxidation sites excluding steroid dienone is 1. The highest BCUT2D eigenvalue weighted by Crippen LogP contribution is 2.32. The van der Waals surface area contributed by atoms with Gasteiger partial charge >= 0.3 is 0 Å². The fourth-order valence-electron chi connectivity index (χ4n) is 2.05. The molecule has 114 valence electrons. The summed E-state index contributed by atoms with van der Waals surface area (Å²) >= 11 is 5.94. The minimum Gasteiger partial charge on any atom is -0.504 e. The molecule has 4 heteroatoms. The molecule has 0 atom stereocenters. The molecule has 0 fully saturated rings. The summed E-state index contributed by atoms with van der Waals surface area (Å²) in [7, 11) is 0. The number of halogens is 1. The van der Waals surface area contributed by atoms with Gasteiger partial charge in [0, 0.05) is 16.8 Å². The van der Waals surface area contributed by atoms with Crippen molar-refractivity contribution in [1.29, 1.82) is 0 Å². The van der Waals surface area contributed by atoms with E-state index in [0.717, 1.165) is 16.8 Å². The molecular formula is C18H18ClNO2. The highest BCUT2D eigenvalue weighted by atomic mass is 35.5. The molecule has 0 saturated carbocycles. The molecule has 0 aliphatic heterocycles. The lowest BCUT2D eigenvalue weighted by Gasteiger charge is -2.10. The van der Waals surface area contributed by atoms with Gasteiger partial charge in [0.1, 0.15) is 0 Å². The molecule has 0 bridgehead atoms. The first-order valence-electron chi connectivity index (χ1n) is 7.03. The summed E-state index contributed by atoms with van der Waals surface area (Å²) in [5.41, 5.74) is 2.37. The largest absolute Gasteiger partial charge is 0.504 e. The summed E-state index contributed by atoms with van der Waals surface area (Å²) in [6, 6.07) is 10.9. The smallest absolute Gasteiger partial charge is 0.161 e. The zero-order valence-corrected chi connectivity index (χ0v) is 13.2. The molecule has 2 aromatic carbocycles. The Balaban J connectivity index is 2.35. The lowest BCUT2D eigenvalue weighted by Crippen LogP contribution is -1.96. The molecule has 0 saturated heterocycles. The number of ether oxygens (including phenoxy) is 1. The van der Waals surface area contributed by atoms with Crippen molar-refractivity contribution in [3.05, 3.63) is 65.2 Å².